The molecule has 1 aromatic heterocycles. The minimum absolute atomic E-state index is 0.0881. The van der Waals surface area contributed by atoms with Crippen LogP contribution < -0.4 is 5.32 Å². The molecule has 148 valence electrons. The molecule has 9 heteroatoms. The van der Waals surface area contributed by atoms with Gasteiger partial charge in [-0.05, 0) is 24.0 Å². The highest BCUT2D eigenvalue weighted by Gasteiger charge is 2.42. The minimum atomic E-state index is -0.517. The number of anilines is 1. The summed E-state index contributed by atoms with van der Waals surface area (Å²) in [6.45, 7) is 0. The van der Waals surface area contributed by atoms with Gasteiger partial charge in [0.25, 0.3) is 5.69 Å². The molecule has 0 radical (unpaired) electrons. The molecule has 2 unspecified atom stereocenters. The molecule has 0 spiro atoms. The molecule has 1 fully saturated rings. The van der Waals surface area contributed by atoms with Gasteiger partial charge in [0.05, 0.1) is 10.7 Å². The highest BCUT2D eigenvalue weighted by molar-refractivity contribution is 7.99. The Morgan fingerprint density at radius 3 is 2.66 bits per heavy atom. The van der Waals surface area contributed by atoms with Crippen molar-refractivity contribution >= 4 is 29.0 Å². The second-order valence-corrected chi connectivity index (χ2v) is 7.81. The molecule has 1 N–H and O–H groups in total. The van der Waals surface area contributed by atoms with Crippen molar-refractivity contribution in [3.05, 3.63) is 76.1 Å². The standard InChI is InChI=1S/C20H19N5O3S/c1-24-19(15-11-14(15)13-7-3-2-4-8-13)22-23-20(24)29-12-18(26)21-16-9-5-6-10-17(16)25(27)28/h2-10,14-15H,11-12H2,1H3,(H,21,26). The first-order valence-corrected chi connectivity index (χ1v) is 10.1. The van der Waals surface area contributed by atoms with E-state index in [9.17, 15) is 14.9 Å². The quantitative estimate of drug-likeness (QED) is 0.362. The second kappa shape index (κ2) is 8.04. The first kappa shape index (κ1) is 19.1. The van der Waals surface area contributed by atoms with E-state index in [2.05, 4.69) is 27.6 Å². The summed E-state index contributed by atoms with van der Waals surface area (Å²) in [5.74, 6) is 1.47. The summed E-state index contributed by atoms with van der Waals surface area (Å²) in [6, 6.07) is 16.4. The molecule has 0 aliphatic heterocycles. The number of nitrogens with zero attached hydrogens (tertiary/aromatic N) is 4. The van der Waals surface area contributed by atoms with E-state index in [0.717, 1.165) is 12.2 Å². The van der Waals surface area contributed by atoms with Gasteiger partial charge in [-0.2, -0.15) is 0 Å². The third-order valence-electron chi connectivity index (χ3n) is 4.93. The lowest BCUT2D eigenvalue weighted by molar-refractivity contribution is -0.383. The fourth-order valence-corrected chi connectivity index (χ4v) is 4.10. The molecule has 1 amide bonds. The van der Waals surface area contributed by atoms with E-state index >= 15 is 0 Å². The number of rotatable bonds is 7. The van der Waals surface area contributed by atoms with Crippen molar-refractivity contribution in [3.8, 4) is 0 Å². The molecular formula is C20H19N5O3S. The van der Waals surface area contributed by atoms with Crippen LogP contribution in [0.1, 0.15) is 29.6 Å². The Kier molecular flexibility index (Phi) is 5.30. The molecule has 4 rings (SSSR count). The van der Waals surface area contributed by atoms with Crippen LogP contribution in [-0.2, 0) is 11.8 Å². The molecule has 3 aromatic rings. The fraction of sp³-hybridized carbons (Fsp3) is 0.250. The van der Waals surface area contributed by atoms with Crippen LogP contribution in [0.4, 0.5) is 11.4 Å². The average Bonchev–Trinajstić information content (AvgIpc) is 3.43. The normalized spacial score (nSPS) is 17.7. The molecule has 29 heavy (non-hydrogen) atoms. The summed E-state index contributed by atoms with van der Waals surface area (Å²) < 4.78 is 1.93. The number of carbonyl (C=O) groups is 1. The lowest BCUT2D eigenvalue weighted by atomic mass is 10.1. The minimum Gasteiger partial charge on any atom is -0.320 e. The molecule has 2 atom stereocenters. The Morgan fingerprint density at radius 2 is 1.90 bits per heavy atom. The van der Waals surface area contributed by atoms with Crippen LogP contribution >= 0.6 is 11.8 Å². The number of benzene rings is 2. The number of nitro benzene ring substituents is 1. The van der Waals surface area contributed by atoms with Crippen molar-refractivity contribution in [2.75, 3.05) is 11.1 Å². The van der Waals surface area contributed by atoms with E-state index in [1.165, 1.54) is 29.5 Å². The molecule has 0 bridgehead atoms. The maximum atomic E-state index is 12.2. The predicted octanol–water partition coefficient (Wildman–Crippen LogP) is 3.73. The smallest absolute Gasteiger partial charge is 0.292 e. The Bertz CT molecular complexity index is 1050. The third-order valence-corrected chi connectivity index (χ3v) is 5.95. The number of nitro groups is 1. The number of hydrogen-bond donors (Lipinski definition) is 1. The molecule has 1 saturated carbocycles. The SMILES string of the molecule is Cn1c(SCC(=O)Nc2ccccc2[N+](=O)[O-])nnc1C1CC1c1ccccc1. The lowest BCUT2D eigenvalue weighted by Crippen LogP contribution is -2.15. The number of aromatic nitrogens is 3. The summed E-state index contributed by atoms with van der Waals surface area (Å²) in [7, 11) is 1.90. The van der Waals surface area contributed by atoms with Crippen molar-refractivity contribution in [2.45, 2.75) is 23.4 Å². The first-order valence-electron chi connectivity index (χ1n) is 9.15. The van der Waals surface area contributed by atoms with Crippen LogP contribution in [0.15, 0.2) is 59.8 Å². The maximum absolute atomic E-state index is 12.2. The number of para-hydroxylation sites is 2. The molecule has 2 aromatic carbocycles. The number of amides is 1. The second-order valence-electron chi connectivity index (χ2n) is 6.87. The monoisotopic (exact) mass is 409 g/mol. The van der Waals surface area contributed by atoms with Gasteiger partial charge in [0.15, 0.2) is 5.16 Å². The van der Waals surface area contributed by atoms with E-state index < -0.39 is 4.92 Å². The predicted molar refractivity (Wildman–Crippen MR) is 110 cm³/mol. The zero-order valence-electron chi connectivity index (χ0n) is 15.7. The zero-order valence-corrected chi connectivity index (χ0v) is 16.5. The van der Waals surface area contributed by atoms with Gasteiger partial charge in [0, 0.05) is 19.0 Å². The van der Waals surface area contributed by atoms with Crippen molar-refractivity contribution < 1.29 is 9.72 Å². The van der Waals surface area contributed by atoms with Crippen molar-refractivity contribution in [3.63, 3.8) is 0 Å². The molecule has 8 nitrogen and oxygen atoms in total. The van der Waals surface area contributed by atoms with Crippen LogP contribution in [-0.4, -0.2) is 31.3 Å². The largest absolute Gasteiger partial charge is 0.320 e. The fourth-order valence-electron chi connectivity index (χ4n) is 3.38. The Labute approximate surface area is 171 Å². The van der Waals surface area contributed by atoms with E-state index in [-0.39, 0.29) is 23.0 Å². The Hall–Kier alpha value is -3.20. The highest BCUT2D eigenvalue weighted by Crippen LogP contribution is 2.54. The zero-order chi connectivity index (χ0) is 20.4. The van der Waals surface area contributed by atoms with Gasteiger partial charge in [-0.15, -0.1) is 10.2 Å². The summed E-state index contributed by atoms with van der Waals surface area (Å²) in [4.78, 5) is 22.8. The van der Waals surface area contributed by atoms with Gasteiger partial charge in [0.2, 0.25) is 5.91 Å². The summed E-state index contributed by atoms with van der Waals surface area (Å²) in [5, 5.41) is 22.8. The van der Waals surface area contributed by atoms with Crippen molar-refractivity contribution in [2.24, 2.45) is 7.05 Å². The molecule has 1 aliphatic rings. The number of hydrogen-bond acceptors (Lipinski definition) is 6. The third kappa shape index (κ3) is 4.14. The van der Waals surface area contributed by atoms with E-state index in [0.29, 0.717) is 17.0 Å². The summed E-state index contributed by atoms with van der Waals surface area (Å²) in [6.07, 6.45) is 1.04. The van der Waals surface area contributed by atoms with E-state index in [1.807, 2.05) is 29.8 Å². The molecule has 0 saturated heterocycles. The van der Waals surface area contributed by atoms with Crippen LogP contribution in [0.25, 0.3) is 0 Å². The summed E-state index contributed by atoms with van der Waals surface area (Å²) in [5.41, 5.74) is 1.36. The van der Waals surface area contributed by atoms with Crippen LogP contribution in [0, 0.1) is 10.1 Å². The number of nitrogens with one attached hydrogen (secondary N) is 1. The van der Waals surface area contributed by atoms with Gasteiger partial charge < -0.3 is 9.88 Å². The molecule has 1 heterocycles. The first-order chi connectivity index (χ1) is 14.0. The number of thioether (sulfide) groups is 1. The Balaban J connectivity index is 1.37. The average molecular weight is 409 g/mol. The van der Waals surface area contributed by atoms with E-state index in [1.54, 1.807) is 12.1 Å². The summed E-state index contributed by atoms with van der Waals surface area (Å²) >= 11 is 1.26. The van der Waals surface area contributed by atoms with Gasteiger partial charge in [0.1, 0.15) is 11.5 Å². The van der Waals surface area contributed by atoms with Crippen molar-refractivity contribution in [1.29, 1.82) is 0 Å². The topological polar surface area (TPSA) is 103 Å². The maximum Gasteiger partial charge on any atom is 0.292 e. The molecular weight excluding hydrogens is 390 g/mol. The molecule has 1 aliphatic carbocycles. The van der Waals surface area contributed by atoms with Crippen LogP contribution in [0.2, 0.25) is 0 Å². The lowest BCUT2D eigenvalue weighted by Gasteiger charge is -2.06. The Morgan fingerprint density at radius 1 is 1.17 bits per heavy atom. The van der Waals surface area contributed by atoms with Crippen molar-refractivity contribution in [1.82, 2.24) is 14.8 Å². The van der Waals surface area contributed by atoms with E-state index in [4.69, 9.17) is 0 Å². The highest BCUT2D eigenvalue weighted by atomic mass is 32.2. The van der Waals surface area contributed by atoms with Gasteiger partial charge >= 0.3 is 0 Å². The van der Waals surface area contributed by atoms with Crippen LogP contribution in [0.5, 0.6) is 0 Å². The van der Waals surface area contributed by atoms with Gasteiger partial charge in [-0.3, -0.25) is 14.9 Å². The van der Waals surface area contributed by atoms with Gasteiger partial charge in [-0.25, -0.2) is 0 Å². The number of carbonyl (C=O) groups excluding carboxylic acids is 1. The van der Waals surface area contributed by atoms with Gasteiger partial charge in [-0.1, -0.05) is 54.2 Å². The van der Waals surface area contributed by atoms with Crippen LogP contribution in [0.3, 0.4) is 0 Å².